The molecule has 7 heteroatoms. The zero-order chi connectivity index (χ0) is 18.0. The van der Waals surface area contributed by atoms with Gasteiger partial charge in [-0.25, -0.2) is 9.97 Å². The predicted octanol–water partition coefficient (Wildman–Crippen LogP) is 2.01. The fourth-order valence-corrected chi connectivity index (χ4v) is 2.33. The number of rotatable bonds is 7. The van der Waals surface area contributed by atoms with Gasteiger partial charge in [0.2, 0.25) is 0 Å². The van der Waals surface area contributed by atoms with E-state index in [2.05, 4.69) is 25.6 Å². The number of para-hydroxylation sites is 1. The van der Waals surface area contributed by atoms with Crippen LogP contribution in [0.1, 0.15) is 5.56 Å². The van der Waals surface area contributed by atoms with E-state index in [0.717, 1.165) is 23.1 Å². The highest BCUT2D eigenvalue weighted by Gasteiger charge is 2.01. The van der Waals surface area contributed by atoms with Gasteiger partial charge in [-0.15, -0.1) is 0 Å². The third-order valence-corrected chi connectivity index (χ3v) is 3.67. The van der Waals surface area contributed by atoms with Crippen molar-refractivity contribution < 1.29 is 4.74 Å². The number of aromatic nitrogens is 3. The first-order valence-corrected chi connectivity index (χ1v) is 8.41. The lowest BCUT2D eigenvalue weighted by molar-refractivity contribution is 0.322. The van der Waals surface area contributed by atoms with Gasteiger partial charge in [0.15, 0.2) is 5.96 Å². The Morgan fingerprint density at radius 1 is 1.15 bits per heavy atom. The second kappa shape index (κ2) is 9.22. The van der Waals surface area contributed by atoms with Gasteiger partial charge in [0.25, 0.3) is 0 Å². The van der Waals surface area contributed by atoms with Gasteiger partial charge in [0.05, 0.1) is 6.54 Å². The van der Waals surface area contributed by atoms with Crippen molar-refractivity contribution in [2.75, 3.05) is 20.2 Å². The average Bonchev–Trinajstić information content (AvgIpc) is 3.23. The van der Waals surface area contributed by atoms with Crippen LogP contribution in [0.15, 0.2) is 72.4 Å². The third kappa shape index (κ3) is 5.07. The summed E-state index contributed by atoms with van der Waals surface area (Å²) in [6.45, 7) is 1.86. The number of nitrogens with zero attached hydrogens (tertiary/aromatic N) is 4. The van der Waals surface area contributed by atoms with Crippen molar-refractivity contribution in [3.05, 3.63) is 72.9 Å². The maximum absolute atomic E-state index is 5.65. The molecule has 26 heavy (non-hydrogen) atoms. The first kappa shape index (κ1) is 17.5. The Hall–Kier alpha value is -3.35. The third-order valence-electron chi connectivity index (χ3n) is 3.67. The Kier molecular flexibility index (Phi) is 6.19. The fraction of sp³-hybridized carbons (Fsp3) is 0.211. The number of nitrogens with one attached hydrogen (secondary N) is 2. The van der Waals surface area contributed by atoms with Gasteiger partial charge < -0.3 is 15.4 Å². The topological polar surface area (TPSA) is 76.4 Å². The summed E-state index contributed by atoms with van der Waals surface area (Å²) in [5.41, 5.74) is 1.07. The molecule has 0 fully saturated rings. The van der Waals surface area contributed by atoms with Crippen molar-refractivity contribution in [2.45, 2.75) is 6.54 Å². The summed E-state index contributed by atoms with van der Waals surface area (Å²) in [5.74, 6) is 2.42. The van der Waals surface area contributed by atoms with Gasteiger partial charge >= 0.3 is 0 Å². The van der Waals surface area contributed by atoms with Crippen LogP contribution in [0.25, 0.3) is 5.82 Å². The summed E-state index contributed by atoms with van der Waals surface area (Å²) in [6, 6.07) is 13.7. The molecule has 7 nitrogen and oxygen atoms in total. The molecule has 0 spiro atoms. The maximum atomic E-state index is 5.65. The molecule has 0 aliphatic heterocycles. The standard InChI is InChI=1S/C19H22N6O/c1-20-19(22-10-12-26-17-5-3-2-4-6-17)24-14-16-7-8-18(23-13-16)25-11-9-21-15-25/h2-9,11,13,15H,10,12,14H2,1H3,(H2,20,22,24). The number of imidazole rings is 1. The van der Waals surface area contributed by atoms with Gasteiger partial charge in [-0.1, -0.05) is 24.3 Å². The van der Waals surface area contributed by atoms with E-state index >= 15 is 0 Å². The van der Waals surface area contributed by atoms with Crippen molar-refractivity contribution in [3.8, 4) is 11.6 Å². The molecule has 1 aromatic carbocycles. The lowest BCUT2D eigenvalue weighted by Crippen LogP contribution is -2.38. The van der Waals surface area contributed by atoms with Crippen LogP contribution in [0.2, 0.25) is 0 Å². The van der Waals surface area contributed by atoms with Gasteiger partial charge in [-0.2, -0.15) is 0 Å². The number of guanidine groups is 1. The van der Waals surface area contributed by atoms with Crippen LogP contribution >= 0.6 is 0 Å². The van der Waals surface area contributed by atoms with E-state index in [1.54, 1.807) is 19.6 Å². The molecule has 3 aromatic rings. The second-order valence-electron chi connectivity index (χ2n) is 5.51. The van der Waals surface area contributed by atoms with Gasteiger partial charge in [0.1, 0.15) is 24.5 Å². The number of aliphatic imine (C=N–C) groups is 1. The van der Waals surface area contributed by atoms with Gasteiger partial charge in [-0.3, -0.25) is 9.56 Å². The molecule has 0 aliphatic rings. The van der Waals surface area contributed by atoms with Crippen LogP contribution in [0, 0.1) is 0 Å². The van der Waals surface area contributed by atoms with Gasteiger partial charge in [-0.05, 0) is 23.8 Å². The summed E-state index contributed by atoms with van der Waals surface area (Å²) in [4.78, 5) is 12.7. The summed E-state index contributed by atoms with van der Waals surface area (Å²) in [7, 11) is 1.74. The lowest BCUT2D eigenvalue weighted by atomic mass is 10.3. The highest BCUT2D eigenvalue weighted by molar-refractivity contribution is 5.79. The first-order chi connectivity index (χ1) is 12.8. The molecule has 134 valence electrons. The van der Waals surface area contributed by atoms with E-state index in [4.69, 9.17) is 4.74 Å². The molecular formula is C19H22N6O. The van der Waals surface area contributed by atoms with Crippen LogP contribution in [-0.4, -0.2) is 40.7 Å². The molecule has 0 amide bonds. The second-order valence-corrected chi connectivity index (χ2v) is 5.51. The Balaban J connectivity index is 1.41. The lowest BCUT2D eigenvalue weighted by Gasteiger charge is -2.12. The van der Waals surface area contributed by atoms with E-state index in [1.807, 2.05) is 59.4 Å². The minimum absolute atomic E-state index is 0.561. The molecule has 2 aromatic heterocycles. The van der Waals surface area contributed by atoms with Crippen molar-refractivity contribution in [3.63, 3.8) is 0 Å². The smallest absolute Gasteiger partial charge is 0.191 e. The largest absolute Gasteiger partial charge is 0.492 e. The number of hydrogen-bond donors (Lipinski definition) is 2. The van der Waals surface area contributed by atoms with E-state index < -0.39 is 0 Å². The zero-order valence-electron chi connectivity index (χ0n) is 14.7. The van der Waals surface area contributed by atoms with Gasteiger partial charge in [0, 0.05) is 32.2 Å². The molecule has 0 radical (unpaired) electrons. The molecule has 2 heterocycles. The molecule has 2 N–H and O–H groups in total. The molecule has 0 saturated carbocycles. The molecule has 0 unspecified atom stereocenters. The molecular weight excluding hydrogens is 328 g/mol. The zero-order valence-corrected chi connectivity index (χ0v) is 14.7. The number of benzene rings is 1. The molecule has 0 aliphatic carbocycles. The van der Waals surface area contributed by atoms with E-state index in [-0.39, 0.29) is 0 Å². The number of hydrogen-bond acceptors (Lipinski definition) is 4. The Morgan fingerprint density at radius 2 is 2.04 bits per heavy atom. The number of ether oxygens (including phenoxy) is 1. The predicted molar refractivity (Wildman–Crippen MR) is 101 cm³/mol. The Bertz CT molecular complexity index is 800. The van der Waals surface area contributed by atoms with Crippen LogP contribution < -0.4 is 15.4 Å². The number of pyridine rings is 1. The van der Waals surface area contributed by atoms with Crippen molar-refractivity contribution in [1.29, 1.82) is 0 Å². The normalized spacial score (nSPS) is 11.2. The van der Waals surface area contributed by atoms with Crippen molar-refractivity contribution in [2.24, 2.45) is 4.99 Å². The fourth-order valence-electron chi connectivity index (χ4n) is 2.33. The minimum Gasteiger partial charge on any atom is -0.492 e. The molecule has 3 rings (SSSR count). The van der Waals surface area contributed by atoms with Crippen molar-refractivity contribution in [1.82, 2.24) is 25.2 Å². The van der Waals surface area contributed by atoms with E-state index in [0.29, 0.717) is 19.7 Å². The molecule has 0 bridgehead atoms. The van der Waals surface area contributed by atoms with E-state index in [1.165, 1.54) is 0 Å². The van der Waals surface area contributed by atoms with E-state index in [9.17, 15) is 0 Å². The highest BCUT2D eigenvalue weighted by atomic mass is 16.5. The quantitative estimate of drug-likeness (QED) is 0.387. The monoisotopic (exact) mass is 350 g/mol. The summed E-state index contributed by atoms with van der Waals surface area (Å²) in [5, 5.41) is 6.49. The summed E-state index contributed by atoms with van der Waals surface area (Å²) < 4.78 is 7.52. The maximum Gasteiger partial charge on any atom is 0.191 e. The summed E-state index contributed by atoms with van der Waals surface area (Å²) >= 11 is 0. The Morgan fingerprint density at radius 3 is 2.73 bits per heavy atom. The SMILES string of the molecule is CN=C(NCCOc1ccccc1)NCc1ccc(-n2ccnc2)nc1. The molecule has 0 atom stereocenters. The Labute approximate surface area is 152 Å². The minimum atomic E-state index is 0.561. The van der Waals surface area contributed by atoms with Crippen molar-refractivity contribution >= 4 is 5.96 Å². The summed E-state index contributed by atoms with van der Waals surface area (Å²) in [6.07, 6.45) is 7.16. The highest BCUT2D eigenvalue weighted by Crippen LogP contribution is 2.07. The van der Waals surface area contributed by atoms with Crippen LogP contribution in [0.5, 0.6) is 5.75 Å². The average molecular weight is 350 g/mol. The molecule has 0 saturated heterocycles. The van der Waals surface area contributed by atoms with Crippen LogP contribution in [-0.2, 0) is 6.54 Å². The van der Waals surface area contributed by atoms with Crippen LogP contribution in [0.3, 0.4) is 0 Å². The first-order valence-electron chi connectivity index (χ1n) is 8.41. The van der Waals surface area contributed by atoms with Crippen LogP contribution in [0.4, 0.5) is 0 Å².